The number of benzene rings is 1. The highest BCUT2D eigenvalue weighted by atomic mass is 16.5. The van der Waals surface area contributed by atoms with Crippen molar-refractivity contribution in [2.75, 3.05) is 7.11 Å². The van der Waals surface area contributed by atoms with Crippen LogP contribution in [0.3, 0.4) is 0 Å². The number of methoxy groups -OCH3 is 1. The number of hydrogen-bond donors (Lipinski definition) is 0. The van der Waals surface area contributed by atoms with Crippen LogP contribution in [0.15, 0.2) is 18.2 Å². The lowest BCUT2D eigenvalue weighted by atomic mass is 10.0. The van der Waals surface area contributed by atoms with Gasteiger partial charge < -0.3 is 9.53 Å². The maximum atomic E-state index is 10.2. The Bertz CT molecular complexity index is 378. The number of ether oxygens (including phenoxy) is 1. The summed E-state index contributed by atoms with van der Waals surface area (Å²) in [6.45, 7) is 4.04. The molecular weight excluding hydrogens is 188 g/mol. The first-order valence-corrected chi connectivity index (χ1v) is 4.94. The quantitative estimate of drug-likeness (QED) is 0.705. The van der Waals surface area contributed by atoms with Crippen LogP contribution >= 0.6 is 0 Å². The van der Waals surface area contributed by atoms with Gasteiger partial charge in [-0.2, -0.15) is 0 Å². The topological polar surface area (TPSA) is 26.3 Å². The monoisotopic (exact) mass is 204 g/mol. The molecule has 1 aromatic carbocycles. The Labute approximate surface area is 90.6 Å². The van der Waals surface area contributed by atoms with E-state index in [9.17, 15) is 4.79 Å². The Morgan fingerprint density at radius 3 is 2.60 bits per heavy atom. The lowest BCUT2D eigenvalue weighted by Gasteiger charge is -2.08. The zero-order valence-electron chi connectivity index (χ0n) is 9.41. The van der Waals surface area contributed by atoms with Crippen molar-refractivity contribution in [2.24, 2.45) is 0 Å². The van der Waals surface area contributed by atoms with Gasteiger partial charge in [0.05, 0.1) is 7.11 Å². The third-order valence-corrected chi connectivity index (χ3v) is 2.31. The molecule has 0 atom stereocenters. The summed E-state index contributed by atoms with van der Waals surface area (Å²) in [4.78, 5) is 10.2. The highest BCUT2D eigenvalue weighted by molar-refractivity contribution is 5.61. The van der Waals surface area contributed by atoms with E-state index in [1.807, 2.05) is 32.1 Å². The first kappa shape index (κ1) is 11.5. The first-order valence-electron chi connectivity index (χ1n) is 4.94. The Kier molecular flexibility index (Phi) is 4.10. The van der Waals surface area contributed by atoms with Gasteiger partial charge in [-0.25, -0.2) is 0 Å². The van der Waals surface area contributed by atoms with E-state index in [4.69, 9.17) is 4.74 Å². The lowest BCUT2D eigenvalue weighted by Crippen LogP contribution is -1.90. The van der Waals surface area contributed by atoms with E-state index in [-0.39, 0.29) is 0 Å². The summed E-state index contributed by atoms with van der Waals surface area (Å²) in [5.74, 6) is 0.903. The van der Waals surface area contributed by atoms with Gasteiger partial charge in [-0.3, -0.25) is 0 Å². The molecule has 1 rings (SSSR count). The van der Waals surface area contributed by atoms with Gasteiger partial charge in [0.25, 0.3) is 0 Å². The third-order valence-electron chi connectivity index (χ3n) is 2.31. The van der Waals surface area contributed by atoms with Crippen molar-refractivity contribution in [1.29, 1.82) is 0 Å². The summed E-state index contributed by atoms with van der Waals surface area (Å²) in [6, 6.07) is 4.07. The Morgan fingerprint density at radius 2 is 2.00 bits per heavy atom. The maximum absolute atomic E-state index is 10.2. The fourth-order valence-corrected chi connectivity index (χ4v) is 1.46. The summed E-state index contributed by atoms with van der Waals surface area (Å²) in [5, 5.41) is 0. The third kappa shape index (κ3) is 2.94. The van der Waals surface area contributed by atoms with Crippen LogP contribution in [0.1, 0.15) is 23.1 Å². The smallest absolute Gasteiger partial charge is 0.123 e. The highest BCUT2D eigenvalue weighted by Gasteiger charge is 2.01. The SMILES string of the molecule is COc1cc(C)c(C=CCC=O)cc1C. The van der Waals surface area contributed by atoms with Gasteiger partial charge in [0.15, 0.2) is 0 Å². The first-order chi connectivity index (χ1) is 7.19. The largest absolute Gasteiger partial charge is 0.496 e. The van der Waals surface area contributed by atoms with Gasteiger partial charge in [-0.1, -0.05) is 12.2 Å². The minimum absolute atomic E-state index is 0.463. The Hall–Kier alpha value is -1.57. The standard InChI is InChI=1S/C13H16O2/c1-10-9-13(15-3)11(2)8-12(10)6-4-5-7-14/h4,6-9H,5H2,1-3H3. The summed E-state index contributed by atoms with van der Waals surface area (Å²) >= 11 is 0. The molecule has 0 heterocycles. The molecule has 2 nitrogen and oxygen atoms in total. The number of rotatable bonds is 4. The molecule has 0 N–H and O–H groups in total. The molecule has 0 aliphatic carbocycles. The van der Waals surface area contributed by atoms with Crippen molar-refractivity contribution in [3.8, 4) is 5.75 Å². The summed E-state index contributed by atoms with van der Waals surface area (Å²) in [6.07, 6.45) is 5.18. The van der Waals surface area contributed by atoms with Crippen molar-refractivity contribution in [2.45, 2.75) is 20.3 Å². The Balaban J connectivity index is 2.99. The number of carbonyl (C=O) groups is 1. The normalized spacial score (nSPS) is 10.6. The summed E-state index contributed by atoms with van der Waals surface area (Å²) in [7, 11) is 1.67. The average molecular weight is 204 g/mol. The molecule has 0 fully saturated rings. The number of hydrogen-bond acceptors (Lipinski definition) is 2. The molecule has 0 aliphatic rings. The number of aryl methyl sites for hydroxylation is 2. The number of aldehydes is 1. The molecule has 0 unspecified atom stereocenters. The van der Waals surface area contributed by atoms with E-state index in [2.05, 4.69) is 6.07 Å². The van der Waals surface area contributed by atoms with Gasteiger partial charge in [0.1, 0.15) is 12.0 Å². The minimum Gasteiger partial charge on any atom is -0.496 e. The second-order valence-corrected chi connectivity index (χ2v) is 3.48. The molecule has 0 bridgehead atoms. The van der Waals surface area contributed by atoms with Crippen LogP contribution in [0.2, 0.25) is 0 Å². The van der Waals surface area contributed by atoms with Gasteiger partial charge in [0, 0.05) is 6.42 Å². The van der Waals surface area contributed by atoms with E-state index >= 15 is 0 Å². The maximum Gasteiger partial charge on any atom is 0.123 e. The molecule has 0 saturated heterocycles. The van der Waals surface area contributed by atoms with Crippen molar-refractivity contribution in [3.63, 3.8) is 0 Å². The molecule has 80 valence electrons. The van der Waals surface area contributed by atoms with E-state index in [1.54, 1.807) is 7.11 Å². The highest BCUT2D eigenvalue weighted by Crippen LogP contribution is 2.23. The molecular formula is C13H16O2. The molecule has 0 radical (unpaired) electrons. The molecule has 15 heavy (non-hydrogen) atoms. The van der Waals surface area contributed by atoms with Gasteiger partial charge in [-0.15, -0.1) is 0 Å². The summed E-state index contributed by atoms with van der Waals surface area (Å²) in [5.41, 5.74) is 3.39. The van der Waals surface area contributed by atoms with Crippen molar-refractivity contribution in [1.82, 2.24) is 0 Å². The second-order valence-electron chi connectivity index (χ2n) is 3.48. The van der Waals surface area contributed by atoms with E-state index in [0.717, 1.165) is 28.7 Å². The zero-order chi connectivity index (χ0) is 11.3. The predicted molar refractivity (Wildman–Crippen MR) is 62.2 cm³/mol. The van der Waals surface area contributed by atoms with Gasteiger partial charge >= 0.3 is 0 Å². The van der Waals surface area contributed by atoms with Crippen LogP contribution in [-0.2, 0) is 4.79 Å². The lowest BCUT2D eigenvalue weighted by molar-refractivity contribution is -0.107. The van der Waals surface area contributed by atoms with Crippen LogP contribution < -0.4 is 4.74 Å². The van der Waals surface area contributed by atoms with Crippen molar-refractivity contribution >= 4 is 12.4 Å². The average Bonchev–Trinajstić information content (AvgIpc) is 2.23. The molecule has 0 aromatic heterocycles. The van der Waals surface area contributed by atoms with E-state index < -0.39 is 0 Å². The molecule has 0 aliphatic heterocycles. The van der Waals surface area contributed by atoms with E-state index in [0.29, 0.717) is 6.42 Å². The van der Waals surface area contributed by atoms with Crippen LogP contribution in [0.4, 0.5) is 0 Å². The van der Waals surface area contributed by atoms with Crippen molar-refractivity contribution < 1.29 is 9.53 Å². The van der Waals surface area contributed by atoms with Gasteiger partial charge in [0.2, 0.25) is 0 Å². The molecule has 2 heteroatoms. The number of carbonyl (C=O) groups excluding carboxylic acids is 1. The van der Waals surface area contributed by atoms with Gasteiger partial charge in [-0.05, 0) is 42.7 Å². The second kappa shape index (κ2) is 5.35. The molecule has 0 amide bonds. The fourth-order valence-electron chi connectivity index (χ4n) is 1.46. The minimum atomic E-state index is 0.463. The zero-order valence-corrected chi connectivity index (χ0v) is 9.41. The van der Waals surface area contributed by atoms with Crippen LogP contribution in [0, 0.1) is 13.8 Å². The van der Waals surface area contributed by atoms with E-state index in [1.165, 1.54) is 0 Å². The van der Waals surface area contributed by atoms with Crippen LogP contribution in [0.5, 0.6) is 5.75 Å². The molecule has 0 spiro atoms. The Morgan fingerprint density at radius 1 is 1.27 bits per heavy atom. The molecule has 0 saturated carbocycles. The summed E-state index contributed by atoms with van der Waals surface area (Å²) < 4.78 is 5.23. The number of allylic oxidation sites excluding steroid dienone is 1. The predicted octanol–water partition coefficient (Wildman–Crippen LogP) is 2.91. The fraction of sp³-hybridized carbons (Fsp3) is 0.308. The molecule has 1 aromatic rings. The van der Waals surface area contributed by atoms with Crippen LogP contribution in [0.25, 0.3) is 6.08 Å². The van der Waals surface area contributed by atoms with Crippen LogP contribution in [-0.4, -0.2) is 13.4 Å². The van der Waals surface area contributed by atoms with Crippen molar-refractivity contribution in [3.05, 3.63) is 34.9 Å².